The highest BCUT2D eigenvalue weighted by Crippen LogP contribution is 2.15. The van der Waals surface area contributed by atoms with Crippen LogP contribution in [0.5, 0.6) is 0 Å². The van der Waals surface area contributed by atoms with Crippen molar-refractivity contribution < 1.29 is 4.39 Å². The Morgan fingerprint density at radius 1 is 1.42 bits per heavy atom. The van der Waals surface area contributed by atoms with Gasteiger partial charge in [0.15, 0.2) is 0 Å². The van der Waals surface area contributed by atoms with Crippen molar-refractivity contribution in [3.63, 3.8) is 0 Å². The average Bonchev–Trinajstić information content (AvgIpc) is 1.85. The van der Waals surface area contributed by atoms with Crippen LogP contribution >= 0.6 is 12.4 Å². The molecule has 0 fully saturated rings. The molecule has 0 aromatic heterocycles. The molecule has 0 unspecified atom stereocenters. The van der Waals surface area contributed by atoms with Crippen LogP contribution in [0.2, 0.25) is 0 Å². The Morgan fingerprint density at radius 2 is 2.00 bits per heavy atom. The predicted molar refractivity (Wildman–Crippen MR) is 51.0 cm³/mol. The first kappa shape index (κ1) is 11.4. The molecule has 1 rings (SSSR count). The standard InChI is InChI=1S/C9H12FN.ClH/c1-6-5-8(10)3-4-9(6)7(2)11;/h3-5,7H,11H2,1-2H3;1H/t7-;/m1./s1. The van der Waals surface area contributed by atoms with Gasteiger partial charge in [0, 0.05) is 6.04 Å². The molecule has 0 saturated carbocycles. The lowest BCUT2D eigenvalue weighted by molar-refractivity contribution is 0.624. The predicted octanol–water partition coefficient (Wildman–Crippen LogP) is 2.58. The fraction of sp³-hybridized carbons (Fsp3) is 0.333. The first-order chi connectivity index (χ1) is 5.11. The van der Waals surface area contributed by atoms with Gasteiger partial charge in [0.25, 0.3) is 0 Å². The SMILES string of the molecule is Cc1cc(F)ccc1[C@@H](C)N.Cl. The van der Waals surface area contributed by atoms with E-state index in [1.165, 1.54) is 12.1 Å². The van der Waals surface area contributed by atoms with Crippen molar-refractivity contribution in [1.82, 2.24) is 0 Å². The second kappa shape index (κ2) is 4.43. The van der Waals surface area contributed by atoms with E-state index in [2.05, 4.69) is 0 Å². The third-order valence-electron chi connectivity index (χ3n) is 1.72. The van der Waals surface area contributed by atoms with Crippen LogP contribution in [0.3, 0.4) is 0 Å². The normalized spacial score (nSPS) is 12.0. The van der Waals surface area contributed by atoms with Gasteiger partial charge in [-0.3, -0.25) is 0 Å². The maximum Gasteiger partial charge on any atom is 0.123 e. The molecule has 0 saturated heterocycles. The molecule has 0 aliphatic carbocycles. The molecule has 0 radical (unpaired) electrons. The summed E-state index contributed by atoms with van der Waals surface area (Å²) in [5.41, 5.74) is 7.56. The van der Waals surface area contributed by atoms with E-state index < -0.39 is 0 Å². The Bertz CT molecular complexity index is 261. The van der Waals surface area contributed by atoms with Crippen LogP contribution in [0.4, 0.5) is 4.39 Å². The van der Waals surface area contributed by atoms with Gasteiger partial charge in [-0.15, -0.1) is 12.4 Å². The molecule has 12 heavy (non-hydrogen) atoms. The topological polar surface area (TPSA) is 26.0 Å². The van der Waals surface area contributed by atoms with Crippen LogP contribution in [-0.2, 0) is 0 Å². The van der Waals surface area contributed by atoms with E-state index in [1.54, 1.807) is 6.07 Å². The smallest absolute Gasteiger partial charge is 0.123 e. The highest BCUT2D eigenvalue weighted by atomic mass is 35.5. The van der Waals surface area contributed by atoms with Crippen molar-refractivity contribution in [2.45, 2.75) is 19.9 Å². The molecule has 0 aliphatic rings. The van der Waals surface area contributed by atoms with Gasteiger partial charge in [-0.25, -0.2) is 4.39 Å². The molecule has 0 spiro atoms. The van der Waals surface area contributed by atoms with Crippen LogP contribution in [0.1, 0.15) is 24.1 Å². The van der Waals surface area contributed by atoms with Crippen LogP contribution in [0.25, 0.3) is 0 Å². The minimum atomic E-state index is -0.202. The zero-order chi connectivity index (χ0) is 8.43. The molecule has 0 aliphatic heterocycles. The first-order valence-electron chi connectivity index (χ1n) is 3.63. The maximum absolute atomic E-state index is 12.6. The lowest BCUT2D eigenvalue weighted by Gasteiger charge is -2.08. The number of nitrogens with two attached hydrogens (primary N) is 1. The van der Waals surface area contributed by atoms with Crippen molar-refractivity contribution in [2.75, 3.05) is 0 Å². The summed E-state index contributed by atoms with van der Waals surface area (Å²) in [4.78, 5) is 0. The molecule has 0 bridgehead atoms. The minimum absolute atomic E-state index is 0. The lowest BCUT2D eigenvalue weighted by Crippen LogP contribution is -2.06. The zero-order valence-corrected chi connectivity index (χ0v) is 7.99. The van der Waals surface area contributed by atoms with E-state index in [9.17, 15) is 4.39 Å². The fourth-order valence-corrected chi connectivity index (χ4v) is 1.15. The summed E-state index contributed by atoms with van der Waals surface area (Å²) in [7, 11) is 0. The summed E-state index contributed by atoms with van der Waals surface area (Å²) in [5, 5.41) is 0. The minimum Gasteiger partial charge on any atom is -0.324 e. The molecular weight excluding hydrogens is 177 g/mol. The number of aryl methyl sites for hydroxylation is 1. The first-order valence-corrected chi connectivity index (χ1v) is 3.63. The zero-order valence-electron chi connectivity index (χ0n) is 7.17. The van der Waals surface area contributed by atoms with E-state index in [0.717, 1.165) is 11.1 Å². The Kier molecular flexibility index (Phi) is 4.21. The quantitative estimate of drug-likeness (QED) is 0.722. The number of hydrogen-bond acceptors (Lipinski definition) is 1. The Hall–Kier alpha value is -0.600. The number of halogens is 2. The summed E-state index contributed by atoms with van der Waals surface area (Å²) in [5.74, 6) is -0.202. The molecule has 68 valence electrons. The van der Waals surface area contributed by atoms with Crippen LogP contribution in [-0.4, -0.2) is 0 Å². The number of hydrogen-bond donors (Lipinski definition) is 1. The third-order valence-corrected chi connectivity index (χ3v) is 1.72. The molecule has 1 aromatic rings. The Labute approximate surface area is 78.2 Å². The van der Waals surface area contributed by atoms with Crippen molar-refractivity contribution in [3.05, 3.63) is 35.1 Å². The van der Waals surface area contributed by atoms with Gasteiger partial charge in [0.1, 0.15) is 5.82 Å². The summed E-state index contributed by atoms with van der Waals surface area (Å²) in [6, 6.07) is 4.65. The van der Waals surface area contributed by atoms with E-state index in [4.69, 9.17) is 5.73 Å². The van der Waals surface area contributed by atoms with Gasteiger partial charge in [-0.2, -0.15) is 0 Å². The molecular formula is C9H13ClFN. The average molecular weight is 190 g/mol. The molecule has 2 N–H and O–H groups in total. The van der Waals surface area contributed by atoms with E-state index in [-0.39, 0.29) is 24.3 Å². The molecule has 1 nitrogen and oxygen atoms in total. The summed E-state index contributed by atoms with van der Waals surface area (Å²) in [6.07, 6.45) is 0. The second-order valence-electron chi connectivity index (χ2n) is 2.79. The van der Waals surface area contributed by atoms with Gasteiger partial charge < -0.3 is 5.73 Å². The van der Waals surface area contributed by atoms with Gasteiger partial charge >= 0.3 is 0 Å². The molecule has 1 atom stereocenters. The second-order valence-corrected chi connectivity index (χ2v) is 2.79. The highest BCUT2D eigenvalue weighted by molar-refractivity contribution is 5.85. The van der Waals surface area contributed by atoms with Crippen molar-refractivity contribution in [3.8, 4) is 0 Å². The van der Waals surface area contributed by atoms with Gasteiger partial charge in [0.05, 0.1) is 0 Å². The van der Waals surface area contributed by atoms with Crippen molar-refractivity contribution >= 4 is 12.4 Å². The fourth-order valence-electron chi connectivity index (χ4n) is 1.15. The van der Waals surface area contributed by atoms with Crippen molar-refractivity contribution in [2.24, 2.45) is 5.73 Å². The van der Waals surface area contributed by atoms with Gasteiger partial charge in [-0.1, -0.05) is 6.07 Å². The molecule has 3 heteroatoms. The van der Waals surface area contributed by atoms with E-state index >= 15 is 0 Å². The highest BCUT2D eigenvalue weighted by Gasteiger charge is 2.02. The van der Waals surface area contributed by atoms with Crippen molar-refractivity contribution in [1.29, 1.82) is 0 Å². The Balaban J connectivity index is 0.00000121. The van der Waals surface area contributed by atoms with Gasteiger partial charge in [0.2, 0.25) is 0 Å². The van der Waals surface area contributed by atoms with Crippen LogP contribution < -0.4 is 5.73 Å². The van der Waals surface area contributed by atoms with E-state index in [1.807, 2.05) is 13.8 Å². The Morgan fingerprint density at radius 3 is 2.42 bits per heavy atom. The van der Waals surface area contributed by atoms with E-state index in [0.29, 0.717) is 0 Å². The summed E-state index contributed by atoms with van der Waals surface area (Å²) < 4.78 is 12.6. The summed E-state index contributed by atoms with van der Waals surface area (Å²) >= 11 is 0. The molecule has 1 aromatic carbocycles. The summed E-state index contributed by atoms with van der Waals surface area (Å²) in [6.45, 7) is 3.75. The molecule has 0 amide bonds. The molecule has 0 heterocycles. The van der Waals surface area contributed by atoms with Gasteiger partial charge in [-0.05, 0) is 37.1 Å². The third kappa shape index (κ3) is 2.47. The van der Waals surface area contributed by atoms with Crippen LogP contribution in [0, 0.1) is 12.7 Å². The monoisotopic (exact) mass is 189 g/mol. The lowest BCUT2D eigenvalue weighted by atomic mass is 10.0. The largest absolute Gasteiger partial charge is 0.324 e. The maximum atomic E-state index is 12.6. The number of benzene rings is 1. The number of rotatable bonds is 1. The van der Waals surface area contributed by atoms with Crippen LogP contribution in [0.15, 0.2) is 18.2 Å².